The van der Waals surface area contributed by atoms with Gasteiger partial charge in [-0.15, -0.1) is 0 Å². The lowest BCUT2D eigenvalue weighted by Gasteiger charge is -2.27. The van der Waals surface area contributed by atoms with Gasteiger partial charge in [0.05, 0.1) is 23.7 Å². The van der Waals surface area contributed by atoms with Crippen LogP contribution in [0.3, 0.4) is 0 Å². The van der Waals surface area contributed by atoms with Gasteiger partial charge in [0, 0.05) is 24.9 Å². The number of nitrogens with zero attached hydrogens (tertiary/aromatic N) is 1. The first-order valence-corrected chi connectivity index (χ1v) is 13.1. The van der Waals surface area contributed by atoms with Crippen molar-refractivity contribution in [1.82, 2.24) is 0 Å². The fourth-order valence-corrected chi connectivity index (χ4v) is 4.50. The monoisotopic (exact) mass is 533 g/mol. The van der Waals surface area contributed by atoms with E-state index in [-0.39, 0.29) is 30.1 Å². The van der Waals surface area contributed by atoms with Gasteiger partial charge in [-0.25, -0.2) is 14.0 Å². The Balaban J connectivity index is 2.06. The standard InChI is InChI=1S/C29H40FNO7/c1-9-31(27(34)38-28(4,5)6)21-14-19-11-10-12-23-24(37-29(7,8)36-23)15-20(30)13-17(2)18(3)35-26(33)25(19)22(32)16-21/h10-11,13-14,16-18,23-24,32H,9,12,15H2,1-8H3/b11-10+,20-13+/t17-,18?,23?,24?/m1/s1. The van der Waals surface area contributed by atoms with Crippen LogP contribution >= 0.6 is 0 Å². The van der Waals surface area contributed by atoms with Crippen molar-refractivity contribution < 1.29 is 38.0 Å². The Morgan fingerprint density at radius 3 is 2.50 bits per heavy atom. The number of esters is 1. The first-order valence-electron chi connectivity index (χ1n) is 13.1. The van der Waals surface area contributed by atoms with Gasteiger partial charge in [0.1, 0.15) is 23.0 Å². The van der Waals surface area contributed by atoms with Crippen molar-refractivity contribution in [1.29, 1.82) is 0 Å². The first kappa shape index (κ1) is 29.6. The lowest BCUT2D eigenvalue weighted by Crippen LogP contribution is -2.36. The molecule has 3 unspecified atom stereocenters. The molecule has 2 aliphatic heterocycles. The van der Waals surface area contributed by atoms with E-state index < -0.39 is 47.7 Å². The van der Waals surface area contributed by atoms with E-state index in [1.54, 1.807) is 73.6 Å². The van der Waals surface area contributed by atoms with Crippen LogP contribution in [-0.4, -0.2) is 53.4 Å². The van der Waals surface area contributed by atoms with Crippen LogP contribution in [-0.2, 0) is 18.9 Å². The van der Waals surface area contributed by atoms with Crippen LogP contribution in [0.4, 0.5) is 14.9 Å². The lowest BCUT2D eigenvalue weighted by molar-refractivity contribution is -0.146. The number of rotatable bonds is 2. The summed E-state index contributed by atoms with van der Waals surface area (Å²) in [5, 5.41) is 11.0. The largest absolute Gasteiger partial charge is 0.507 e. The molecule has 3 rings (SSSR count). The molecule has 1 saturated heterocycles. The van der Waals surface area contributed by atoms with Crippen molar-refractivity contribution in [2.75, 3.05) is 11.4 Å². The van der Waals surface area contributed by atoms with Gasteiger partial charge in [-0.1, -0.05) is 19.1 Å². The van der Waals surface area contributed by atoms with Gasteiger partial charge in [0.15, 0.2) is 5.79 Å². The number of carbonyl (C=O) groups excluding carboxylic acids is 2. The third-order valence-corrected chi connectivity index (χ3v) is 6.40. The topological polar surface area (TPSA) is 94.5 Å². The average molecular weight is 534 g/mol. The molecule has 0 aromatic heterocycles. The minimum atomic E-state index is -0.867. The second-order valence-electron chi connectivity index (χ2n) is 11.3. The molecule has 38 heavy (non-hydrogen) atoms. The van der Waals surface area contributed by atoms with E-state index in [9.17, 15) is 19.1 Å². The van der Waals surface area contributed by atoms with Crippen LogP contribution in [0.5, 0.6) is 5.75 Å². The number of halogens is 1. The summed E-state index contributed by atoms with van der Waals surface area (Å²) in [6.45, 7) is 14.4. The van der Waals surface area contributed by atoms with E-state index in [1.165, 1.54) is 17.0 Å². The molecule has 2 aliphatic rings. The Morgan fingerprint density at radius 1 is 1.21 bits per heavy atom. The summed E-state index contributed by atoms with van der Waals surface area (Å²) >= 11 is 0. The third kappa shape index (κ3) is 7.35. The maximum absolute atomic E-state index is 14.9. The second-order valence-corrected chi connectivity index (χ2v) is 11.3. The molecule has 2 heterocycles. The highest BCUT2D eigenvalue weighted by Crippen LogP contribution is 2.36. The van der Waals surface area contributed by atoms with E-state index in [1.807, 2.05) is 0 Å². The smallest absolute Gasteiger partial charge is 0.414 e. The molecule has 1 fully saturated rings. The average Bonchev–Trinajstić information content (AvgIpc) is 3.04. The van der Waals surface area contributed by atoms with Crippen LogP contribution in [0.15, 0.2) is 30.1 Å². The van der Waals surface area contributed by atoms with E-state index in [4.69, 9.17) is 18.9 Å². The van der Waals surface area contributed by atoms with Crippen molar-refractivity contribution in [3.8, 4) is 5.75 Å². The Kier molecular flexibility index (Phi) is 8.93. The molecule has 0 radical (unpaired) electrons. The van der Waals surface area contributed by atoms with Crippen molar-refractivity contribution in [2.24, 2.45) is 5.92 Å². The highest BCUT2D eigenvalue weighted by molar-refractivity contribution is 5.99. The van der Waals surface area contributed by atoms with Crippen molar-refractivity contribution >= 4 is 23.8 Å². The van der Waals surface area contributed by atoms with E-state index in [0.29, 0.717) is 17.7 Å². The maximum atomic E-state index is 14.9. The minimum Gasteiger partial charge on any atom is -0.507 e. The molecular weight excluding hydrogens is 493 g/mol. The SMILES string of the molecule is CCN(C(=O)OC(C)(C)C)c1cc(O)c2c(c1)/C=C/CC1OC(C)(C)OC1C/C(F)=C\[C@@H](C)C(C)OC2=O. The molecular formula is C29H40FNO7. The van der Waals surface area contributed by atoms with Crippen LogP contribution in [0.25, 0.3) is 6.08 Å². The van der Waals surface area contributed by atoms with Gasteiger partial charge in [-0.05, 0) is 72.6 Å². The zero-order valence-corrected chi connectivity index (χ0v) is 23.5. The number of hydrogen-bond acceptors (Lipinski definition) is 7. The number of fused-ring (bicyclic) bond motifs is 2. The zero-order chi connectivity index (χ0) is 28.4. The minimum absolute atomic E-state index is 0.0375. The summed E-state index contributed by atoms with van der Waals surface area (Å²) in [5.74, 6) is -2.76. The van der Waals surface area contributed by atoms with Gasteiger partial charge in [0.25, 0.3) is 0 Å². The predicted molar refractivity (Wildman–Crippen MR) is 143 cm³/mol. The molecule has 8 nitrogen and oxygen atoms in total. The van der Waals surface area contributed by atoms with Crippen LogP contribution < -0.4 is 4.90 Å². The highest BCUT2D eigenvalue weighted by Gasteiger charge is 2.41. The number of cyclic esters (lactones) is 1. The van der Waals surface area contributed by atoms with Crippen molar-refractivity contribution in [2.45, 2.75) is 97.9 Å². The van der Waals surface area contributed by atoms with Crippen molar-refractivity contribution in [3.05, 3.63) is 41.2 Å². The van der Waals surface area contributed by atoms with Crippen molar-refractivity contribution in [3.63, 3.8) is 0 Å². The summed E-state index contributed by atoms with van der Waals surface area (Å²) in [4.78, 5) is 27.4. The summed E-state index contributed by atoms with van der Waals surface area (Å²) in [5.41, 5.74) is -0.0348. The van der Waals surface area contributed by atoms with Crippen LogP contribution in [0.1, 0.15) is 84.2 Å². The number of hydrogen-bond donors (Lipinski definition) is 1. The normalized spacial score (nSPS) is 28.1. The Hall–Kier alpha value is -2.91. The van der Waals surface area contributed by atoms with E-state index in [0.717, 1.165) is 0 Å². The Labute approximate surface area is 224 Å². The highest BCUT2D eigenvalue weighted by atomic mass is 19.1. The molecule has 0 aliphatic carbocycles. The quantitative estimate of drug-likeness (QED) is 0.433. The second kappa shape index (κ2) is 11.5. The lowest BCUT2D eigenvalue weighted by atomic mass is 9.99. The zero-order valence-electron chi connectivity index (χ0n) is 23.5. The maximum Gasteiger partial charge on any atom is 0.414 e. The fourth-order valence-electron chi connectivity index (χ4n) is 4.50. The predicted octanol–water partition coefficient (Wildman–Crippen LogP) is 6.52. The Bertz CT molecular complexity index is 1100. The summed E-state index contributed by atoms with van der Waals surface area (Å²) < 4.78 is 38.0. The van der Waals surface area contributed by atoms with Gasteiger partial charge in [0.2, 0.25) is 0 Å². The Morgan fingerprint density at radius 2 is 1.87 bits per heavy atom. The van der Waals surface area contributed by atoms with E-state index >= 15 is 0 Å². The number of amides is 1. The van der Waals surface area contributed by atoms with Crippen LogP contribution in [0.2, 0.25) is 0 Å². The fraction of sp³-hybridized carbons (Fsp3) is 0.586. The molecule has 4 atom stereocenters. The molecule has 1 N–H and O–H groups in total. The molecule has 0 bridgehead atoms. The number of ether oxygens (including phenoxy) is 4. The van der Waals surface area contributed by atoms with Crippen LogP contribution in [0, 0.1) is 5.92 Å². The molecule has 210 valence electrons. The summed E-state index contributed by atoms with van der Waals surface area (Å²) in [6, 6.07) is 2.97. The number of benzene rings is 1. The number of phenols is 1. The number of aromatic hydroxyl groups is 1. The number of carbonyl (C=O) groups is 2. The number of anilines is 1. The molecule has 1 aromatic carbocycles. The van der Waals surface area contributed by atoms with Gasteiger partial charge < -0.3 is 24.1 Å². The van der Waals surface area contributed by atoms with Gasteiger partial charge in [-0.2, -0.15) is 0 Å². The van der Waals surface area contributed by atoms with E-state index in [2.05, 4.69) is 0 Å². The molecule has 0 spiro atoms. The van der Waals surface area contributed by atoms with Gasteiger partial charge >= 0.3 is 12.1 Å². The first-order chi connectivity index (χ1) is 17.6. The summed E-state index contributed by atoms with van der Waals surface area (Å²) in [6.07, 6.45) is 3.11. The molecule has 1 aromatic rings. The third-order valence-electron chi connectivity index (χ3n) is 6.40. The number of phenolic OH excluding ortho intramolecular Hbond substituents is 1. The molecule has 0 saturated carbocycles. The molecule has 9 heteroatoms. The molecule has 1 amide bonds. The summed E-state index contributed by atoms with van der Waals surface area (Å²) in [7, 11) is 0. The van der Waals surface area contributed by atoms with Gasteiger partial charge in [-0.3, -0.25) is 4.90 Å².